The van der Waals surface area contributed by atoms with Gasteiger partial charge in [-0.15, -0.1) is 5.10 Å². The van der Waals surface area contributed by atoms with Gasteiger partial charge in [0.1, 0.15) is 0 Å². The summed E-state index contributed by atoms with van der Waals surface area (Å²) in [5, 5.41) is 11.1. The maximum Gasteiger partial charge on any atom is 0.246 e. The van der Waals surface area contributed by atoms with E-state index in [0.29, 0.717) is 31.9 Å². The second-order valence-corrected chi connectivity index (χ2v) is 6.73. The number of ether oxygens (including phenoxy) is 1. The number of aromatic nitrogens is 3. The number of rotatable bonds is 9. The highest BCUT2D eigenvalue weighted by atomic mass is 32.2. The predicted molar refractivity (Wildman–Crippen MR) is 91.3 cm³/mol. The van der Waals surface area contributed by atoms with Gasteiger partial charge in [-0.2, -0.15) is 11.8 Å². The Morgan fingerprint density at radius 2 is 2.22 bits per heavy atom. The summed E-state index contributed by atoms with van der Waals surface area (Å²) in [5.74, 6) is 2.26. The van der Waals surface area contributed by atoms with Gasteiger partial charge in [0.25, 0.3) is 0 Å². The molecule has 1 fully saturated rings. The summed E-state index contributed by atoms with van der Waals surface area (Å²) in [6.45, 7) is 10.5. The van der Waals surface area contributed by atoms with E-state index < -0.39 is 0 Å². The maximum atomic E-state index is 11.3. The van der Waals surface area contributed by atoms with Crippen molar-refractivity contribution >= 4 is 17.7 Å². The van der Waals surface area contributed by atoms with Gasteiger partial charge < -0.3 is 10.1 Å². The van der Waals surface area contributed by atoms with Gasteiger partial charge in [-0.1, -0.05) is 11.8 Å². The Morgan fingerprint density at radius 1 is 1.43 bits per heavy atom. The summed E-state index contributed by atoms with van der Waals surface area (Å²) in [6.07, 6.45) is 1.98. The van der Waals surface area contributed by atoms with E-state index in [9.17, 15) is 4.79 Å². The fraction of sp³-hybridized carbons (Fsp3) is 0.667. The Kier molecular flexibility index (Phi) is 7.57. The fourth-order valence-electron chi connectivity index (χ4n) is 2.16. The lowest BCUT2D eigenvalue weighted by Crippen LogP contribution is -2.32. The largest absolute Gasteiger partial charge is 0.378 e. The molecule has 0 spiro atoms. The van der Waals surface area contributed by atoms with Crippen LogP contribution in [-0.2, 0) is 22.6 Å². The summed E-state index contributed by atoms with van der Waals surface area (Å²) in [4.78, 5) is 13.7. The van der Waals surface area contributed by atoms with Crippen LogP contribution in [-0.4, -0.2) is 70.2 Å². The summed E-state index contributed by atoms with van der Waals surface area (Å²) in [5.41, 5.74) is 1.51. The molecule has 0 saturated carbocycles. The summed E-state index contributed by atoms with van der Waals surface area (Å²) in [7, 11) is 0. The molecule has 23 heavy (non-hydrogen) atoms. The van der Waals surface area contributed by atoms with Crippen LogP contribution in [0.1, 0.15) is 12.6 Å². The zero-order chi connectivity index (χ0) is 16.5. The van der Waals surface area contributed by atoms with Crippen LogP contribution in [0.15, 0.2) is 18.3 Å². The van der Waals surface area contributed by atoms with Crippen LogP contribution in [0.3, 0.4) is 0 Å². The highest BCUT2D eigenvalue weighted by Gasteiger charge is 2.12. The lowest BCUT2D eigenvalue weighted by Gasteiger charge is -2.24. The highest BCUT2D eigenvalue weighted by Crippen LogP contribution is 2.11. The Balaban J connectivity index is 1.57. The van der Waals surface area contributed by atoms with Crippen LogP contribution in [0, 0.1) is 0 Å². The Morgan fingerprint density at radius 3 is 2.96 bits per heavy atom. The van der Waals surface area contributed by atoms with Gasteiger partial charge in [-0.05, 0) is 6.92 Å². The Bertz CT molecular complexity index is 514. The molecular formula is C15H25N5O2S. The standard InChI is InChI=1S/C15H25N5O2S/c1-13(2)15(21)16-3-7-22-8-4-20-12-14(17-18-20)11-19-5-9-23-10-6-19/h12H,1,3-11H2,2H3,(H,16,21). The van der Waals surface area contributed by atoms with Gasteiger partial charge in [0.15, 0.2) is 0 Å². The van der Waals surface area contributed by atoms with E-state index in [1.807, 2.05) is 18.0 Å². The van der Waals surface area contributed by atoms with Crippen LogP contribution >= 0.6 is 11.8 Å². The molecule has 1 aliphatic heterocycles. The van der Waals surface area contributed by atoms with Crippen LogP contribution in [0.4, 0.5) is 0 Å². The van der Waals surface area contributed by atoms with Crippen molar-refractivity contribution in [2.45, 2.75) is 20.0 Å². The van der Waals surface area contributed by atoms with Gasteiger partial charge in [-0.25, -0.2) is 4.68 Å². The second-order valence-electron chi connectivity index (χ2n) is 5.51. The van der Waals surface area contributed by atoms with Crippen LogP contribution < -0.4 is 5.32 Å². The van der Waals surface area contributed by atoms with Crippen LogP contribution in [0.5, 0.6) is 0 Å². The minimum atomic E-state index is -0.134. The number of amides is 1. The number of hydrogen-bond acceptors (Lipinski definition) is 6. The average Bonchev–Trinajstić information content (AvgIpc) is 2.98. The molecule has 0 radical (unpaired) electrons. The van der Waals surface area contributed by atoms with Crippen molar-refractivity contribution in [1.82, 2.24) is 25.2 Å². The van der Waals surface area contributed by atoms with Gasteiger partial charge in [0, 0.05) is 49.5 Å². The molecule has 1 amide bonds. The molecule has 1 aliphatic rings. The molecule has 0 aromatic carbocycles. The van der Waals surface area contributed by atoms with E-state index in [0.717, 1.165) is 25.3 Å². The zero-order valence-corrected chi connectivity index (χ0v) is 14.5. The van der Waals surface area contributed by atoms with Crippen LogP contribution in [0.2, 0.25) is 0 Å². The normalized spacial score (nSPS) is 15.5. The van der Waals surface area contributed by atoms with E-state index in [1.54, 1.807) is 11.6 Å². The van der Waals surface area contributed by atoms with Crippen molar-refractivity contribution in [2.24, 2.45) is 0 Å². The van der Waals surface area contributed by atoms with Crippen molar-refractivity contribution in [3.05, 3.63) is 24.0 Å². The summed E-state index contributed by atoms with van der Waals surface area (Å²) < 4.78 is 7.29. The number of carbonyl (C=O) groups excluding carboxylic acids is 1. The first kappa shape index (κ1) is 18.0. The molecule has 1 N–H and O–H groups in total. The van der Waals surface area contributed by atoms with Crippen molar-refractivity contribution in [1.29, 1.82) is 0 Å². The third-order valence-electron chi connectivity index (χ3n) is 3.46. The monoisotopic (exact) mass is 339 g/mol. The first-order valence-corrected chi connectivity index (χ1v) is 9.01. The van der Waals surface area contributed by atoms with Gasteiger partial charge in [0.05, 0.1) is 25.5 Å². The molecule has 128 valence electrons. The molecule has 1 aromatic rings. The zero-order valence-electron chi connectivity index (χ0n) is 13.7. The van der Waals surface area contributed by atoms with E-state index in [-0.39, 0.29) is 5.91 Å². The van der Waals surface area contributed by atoms with Gasteiger partial charge in [0.2, 0.25) is 5.91 Å². The Labute approximate surface area is 141 Å². The number of thioether (sulfide) groups is 1. The Hall–Kier alpha value is -1.38. The number of carbonyl (C=O) groups is 1. The molecule has 2 heterocycles. The SMILES string of the molecule is C=C(C)C(=O)NCCOCCn1cc(CN2CCSCC2)nn1. The molecule has 8 heteroatoms. The topological polar surface area (TPSA) is 72.3 Å². The molecule has 1 saturated heterocycles. The van der Waals surface area contributed by atoms with Crippen LogP contribution in [0.25, 0.3) is 0 Å². The third-order valence-corrected chi connectivity index (χ3v) is 4.40. The summed E-state index contributed by atoms with van der Waals surface area (Å²) in [6, 6.07) is 0. The fourth-order valence-corrected chi connectivity index (χ4v) is 3.14. The molecule has 0 atom stereocenters. The third kappa shape index (κ3) is 6.72. The van der Waals surface area contributed by atoms with E-state index in [1.165, 1.54) is 11.5 Å². The predicted octanol–water partition coefficient (Wildman–Crippen LogP) is 0.536. The minimum absolute atomic E-state index is 0.134. The number of nitrogens with zero attached hydrogens (tertiary/aromatic N) is 4. The lowest BCUT2D eigenvalue weighted by molar-refractivity contribution is -0.117. The molecule has 0 aliphatic carbocycles. The molecule has 0 bridgehead atoms. The summed E-state index contributed by atoms with van der Waals surface area (Å²) >= 11 is 2.00. The number of hydrogen-bond donors (Lipinski definition) is 1. The second kappa shape index (κ2) is 9.69. The lowest BCUT2D eigenvalue weighted by atomic mass is 10.3. The first-order valence-electron chi connectivity index (χ1n) is 7.85. The molecule has 0 unspecified atom stereocenters. The van der Waals surface area contributed by atoms with E-state index in [2.05, 4.69) is 27.1 Å². The van der Waals surface area contributed by atoms with E-state index >= 15 is 0 Å². The van der Waals surface area contributed by atoms with Crippen molar-refractivity contribution in [3.63, 3.8) is 0 Å². The molecule has 1 aromatic heterocycles. The van der Waals surface area contributed by atoms with Crippen molar-refractivity contribution in [2.75, 3.05) is 44.4 Å². The molecule has 7 nitrogen and oxygen atoms in total. The number of nitrogens with one attached hydrogen (secondary N) is 1. The van der Waals surface area contributed by atoms with E-state index in [4.69, 9.17) is 4.74 Å². The van der Waals surface area contributed by atoms with Crippen molar-refractivity contribution < 1.29 is 9.53 Å². The van der Waals surface area contributed by atoms with Gasteiger partial charge in [-0.3, -0.25) is 9.69 Å². The minimum Gasteiger partial charge on any atom is -0.378 e. The first-order chi connectivity index (χ1) is 11.1. The molecular weight excluding hydrogens is 314 g/mol. The average molecular weight is 339 g/mol. The smallest absolute Gasteiger partial charge is 0.246 e. The van der Waals surface area contributed by atoms with Gasteiger partial charge >= 0.3 is 0 Å². The quantitative estimate of drug-likeness (QED) is 0.523. The highest BCUT2D eigenvalue weighted by molar-refractivity contribution is 7.99. The maximum absolute atomic E-state index is 11.3. The molecule has 2 rings (SSSR count). The van der Waals surface area contributed by atoms with Crippen molar-refractivity contribution in [3.8, 4) is 0 Å².